The van der Waals surface area contributed by atoms with Gasteiger partial charge in [0.05, 0.1) is 11.7 Å². The highest BCUT2D eigenvalue weighted by Crippen LogP contribution is 2.34. The highest BCUT2D eigenvalue weighted by Gasteiger charge is 2.31. The molecule has 2 aromatic rings. The largest absolute Gasteiger partial charge is 0.416 e. The third kappa shape index (κ3) is 4.00. The molecule has 0 radical (unpaired) electrons. The minimum Gasteiger partial charge on any atom is -0.392 e. The van der Waals surface area contributed by atoms with Crippen LogP contribution in [0.3, 0.4) is 0 Å². The standard InChI is InChI=1S/C16H15ClF3N3O3/c17-12-13(15(25)21-23-7-1-2-11(24)8-23)22-26-14(12)9-3-5-10(6-4-9)16(18,19)20/h3-6,11,24H,1-2,7-8H2,(H,21,25). The van der Waals surface area contributed by atoms with Gasteiger partial charge in [0.1, 0.15) is 5.02 Å². The smallest absolute Gasteiger partial charge is 0.392 e. The van der Waals surface area contributed by atoms with Crippen molar-refractivity contribution in [3.63, 3.8) is 0 Å². The first-order chi connectivity index (χ1) is 12.3. The molecule has 0 spiro atoms. The number of halogens is 4. The zero-order valence-corrected chi connectivity index (χ0v) is 14.1. The van der Waals surface area contributed by atoms with Gasteiger partial charge in [-0.25, -0.2) is 5.01 Å². The first-order valence-electron chi connectivity index (χ1n) is 7.82. The lowest BCUT2D eigenvalue weighted by atomic mass is 10.1. The lowest BCUT2D eigenvalue weighted by molar-refractivity contribution is -0.137. The maximum atomic E-state index is 12.6. The van der Waals surface area contributed by atoms with E-state index in [0.29, 0.717) is 13.0 Å². The minimum atomic E-state index is -4.45. The number of β-amino-alcohol motifs (C(OH)–C–C–N with tert-alkyl or cyclic N) is 1. The van der Waals surface area contributed by atoms with E-state index in [2.05, 4.69) is 10.6 Å². The second-order valence-corrected chi connectivity index (χ2v) is 6.31. The molecule has 0 bridgehead atoms. The molecule has 2 N–H and O–H groups in total. The molecule has 10 heteroatoms. The lowest BCUT2D eigenvalue weighted by Gasteiger charge is -2.29. The summed E-state index contributed by atoms with van der Waals surface area (Å²) in [5.74, 6) is -0.616. The van der Waals surface area contributed by atoms with Gasteiger partial charge in [0.15, 0.2) is 11.5 Å². The number of piperidine rings is 1. The summed E-state index contributed by atoms with van der Waals surface area (Å²) in [6.45, 7) is 0.858. The van der Waals surface area contributed by atoms with Crippen LogP contribution in [0, 0.1) is 0 Å². The Labute approximate surface area is 151 Å². The molecule has 1 aliphatic heterocycles. The highest BCUT2D eigenvalue weighted by molar-refractivity contribution is 6.35. The average Bonchev–Trinajstić information content (AvgIpc) is 2.96. The van der Waals surface area contributed by atoms with Crippen LogP contribution in [0.2, 0.25) is 5.02 Å². The number of aromatic nitrogens is 1. The molecule has 1 atom stereocenters. The molecule has 2 heterocycles. The summed E-state index contributed by atoms with van der Waals surface area (Å²) >= 11 is 6.12. The number of nitrogens with zero attached hydrogens (tertiary/aromatic N) is 2. The maximum Gasteiger partial charge on any atom is 0.416 e. The molecular weight excluding hydrogens is 375 g/mol. The quantitative estimate of drug-likeness (QED) is 0.843. The maximum absolute atomic E-state index is 12.6. The fourth-order valence-corrected chi connectivity index (χ4v) is 2.93. The Hall–Kier alpha value is -2.10. The average molecular weight is 390 g/mol. The van der Waals surface area contributed by atoms with Crippen molar-refractivity contribution in [3.8, 4) is 11.3 Å². The summed E-state index contributed by atoms with van der Waals surface area (Å²) < 4.78 is 42.9. The first-order valence-corrected chi connectivity index (χ1v) is 8.20. The fourth-order valence-electron chi connectivity index (χ4n) is 2.66. The van der Waals surface area contributed by atoms with Crippen molar-refractivity contribution in [3.05, 3.63) is 40.5 Å². The number of alkyl halides is 3. The molecule has 0 saturated carbocycles. The molecule has 1 fully saturated rings. The van der Waals surface area contributed by atoms with E-state index < -0.39 is 23.8 Å². The van der Waals surface area contributed by atoms with Crippen molar-refractivity contribution in [2.24, 2.45) is 0 Å². The molecule has 6 nitrogen and oxygen atoms in total. The van der Waals surface area contributed by atoms with Crippen LogP contribution in [0.1, 0.15) is 28.9 Å². The summed E-state index contributed by atoms with van der Waals surface area (Å²) in [6.07, 6.45) is -3.59. The summed E-state index contributed by atoms with van der Waals surface area (Å²) in [4.78, 5) is 12.3. The van der Waals surface area contributed by atoms with Gasteiger partial charge in [0.25, 0.3) is 5.91 Å². The number of hydrazine groups is 1. The molecule has 1 amide bonds. The van der Waals surface area contributed by atoms with Gasteiger partial charge >= 0.3 is 6.18 Å². The van der Waals surface area contributed by atoms with Gasteiger partial charge in [-0.15, -0.1) is 0 Å². The zero-order valence-electron chi connectivity index (χ0n) is 13.4. The van der Waals surface area contributed by atoms with E-state index in [0.717, 1.165) is 18.6 Å². The van der Waals surface area contributed by atoms with Crippen molar-refractivity contribution in [2.75, 3.05) is 13.1 Å². The predicted octanol–water partition coefficient (Wildman–Crippen LogP) is 3.12. The number of carbonyl (C=O) groups is 1. The van der Waals surface area contributed by atoms with Gasteiger partial charge in [-0.1, -0.05) is 28.9 Å². The Kier molecular flexibility index (Phi) is 5.22. The number of amides is 1. The van der Waals surface area contributed by atoms with Gasteiger partial charge in [0.2, 0.25) is 0 Å². The topological polar surface area (TPSA) is 78.6 Å². The molecular formula is C16H15ClF3N3O3. The van der Waals surface area contributed by atoms with Crippen LogP contribution in [0.5, 0.6) is 0 Å². The number of carbonyl (C=O) groups excluding carboxylic acids is 1. The van der Waals surface area contributed by atoms with Crippen molar-refractivity contribution in [1.29, 1.82) is 0 Å². The second-order valence-electron chi connectivity index (χ2n) is 5.93. The van der Waals surface area contributed by atoms with Crippen LogP contribution in [0.15, 0.2) is 28.8 Å². The number of aliphatic hydroxyl groups is 1. The molecule has 3 rings (SSSR count). The van der Waals surface area contributed by atoms with E-state index >= 15 is 0 Å². The minimum absolute atomic E-state index is 0.00391. The fraction of sp³-hybridized carbons (Fsp3) is 0.375. The zero-order chi connectivity index (χ0) is 18.9. The van der Waals surface area contributed by atoms with Crippen LogP contribution in [0.4, 0.5) is 13.2 Å². The molecule has 26 heavy (non-hydrogen) atoms. The number of nitrogens with one attached hydrogen (secondary N) is 1. The van der Waals surface area contributed by atoms with Crippen LogP contribution >= 0.6 is 11.6 Å². The van der Waals surface area contributed by atoms with E-state index in [1.54, 1.807) is 5.01 Å². The van der Waals surface area contributed by atoms with Crippen LogP contribution in [0.25, 0.3) is 11.3 Å². The Morgan fingerprint density at radius 3 is 2.65 bits per heavy atom. The molecule has 1 aromatic heterocycles. The summed E-state index contributed by atoms with van der Waals surface area (Å²) in [6, 6.07) is 4.17. The van der Waals surface area contributed by atoms with E-state index in [-0.39, 0.29) is 28.6 Å². The van der Waals surface area contributed by atoms with Crippen molar-refractivity contribution in [2.45, 2.75) is 25.1 Å². The Bertz CT molecular complexity index is 792. The highest BCUT2D eigenvalue weighted by atomic mass is 35.5. The van der Waals surface area contributed by atoms with Crippen LogP contribution < -0.4 is 5.43 Å². The Morgan fingerprint density at radius 1 is 1.35 bits per heavy atom. The van der Waals surface area contributed by atoms with Gasteiger partial charge in [-0.2, -0.15) is 13.2 Å². The number of aliphatic hydroxyl groups excluding tert-OH is 1. The lowest BCUT2D eigenvalue weighted by Crippen LogP contribution is -2.49. The molecule has 1 aliphatic rings. The molecule has 1 saturated heterocycles. The second kappa shape index (κ2) is 7.26. The van der Waals surface area contributed by atoms with E-state index in [9.17, 15) is 23.1 Å². The van der Waals surface area contributed by atoms with E-state index in [1.807, 2.05) is 0 Å². The van der Waals surface area contributed by atoms with Gasteiger partial charge in [-0.05, 0) is 25.0 Å². The number of rotatable bonds is 3. The summed E-state index contributed by atoms with van der Waals surface area (Å²) in [5, 5.41) is 14.7. The molecule has 140 valence electrons. The SMILES string of the molecule is O=C(NN1CCCC(O)C1)c1noc(-c2ccc(C(F)(F)F)cc2)c1Cl. The number of benzene rings is 1. The predicted molar refractivity (Wildman–Crippen MR) is 86.2 cm³/mol. The summed E-state index contributed by atoms with van der Waals surface area (Å²) in [7, 11) is 0. The van der Waals surface area contributed by atoms with Crippen LogP contribution in [-0.4, -0.2) is 40.4 Å². The van der Waals surface area contributed by atoms with Crippen molar-refractivity contribution >= 4 is 17.5 Å². The molecule has 0 aliphatic carbocycles. The third-order valence-corrected chi connectivity index (χ3v) is 4.33. The van der Waals surface area contributed by atoms with E-state index in [1.165, 1.54) is 12.1 Å². The normalized spacial score (nSPS) is 18.7. The molecule has 1 unspecified atom stereocenters. The first kappa shape index (κ1) is 18.7. The van der Waals surface area contributed by atoms with Gasteiger partial charge < -0.3 is 9.63 Å². The van der Waals surface area contributed by atoms with Crippen molar-refractivity contribution < 1.29 is 27.6 Å². The van der Waals surface area contributed by atoms with Crippen molar-refractivity contribution in [1.82, 2.24) is 15.6 Å². The summed E-state index contributed by atoms with van der Waals surface area (Å²) in [5.41, 5.74) is 1.86. The number of hydrogen-bond acceptors (Lipinski definition) is 5. The van der Waals surface area contributed by atoms with Crippen LogP contribution in [-0.2, 0) is 6.18 Å². The van der Waals surface area contributed by atoms with Gasteiger partial charge in [-0.3, -0.25) is 10.2 Å². The van der Waals surface area contributed by atoms with Gasteiger partial charge in [0, 0.05) is 18.7 Å². The molecule has 1 aromatic carbocycles. The Morgan fingerprint density at radius 2 is 2.04 bits per heavy atom. The van der Waals surface area contributed by atoms with E-state index in [4.69, 9.17) is 16.1 Å². The number of hydrogen-bond donors (Lipinski definition) is 2. The third-order valence-electron chi connectivity index (χ3n) is 3.98. The Balaban J connectivity index is 1.76. The monoisotopic (exact) mass is 389 g/mol.